The molecule has 3 rings (SSSR count). The first kappa shape index (κ1) is 24.3. The lowest BCUT2D eigenvalue weighted by molar-refractivity contribution is -0.139. The van der Waals surface area contributed by atoms with Crippen molar-refractivity contribution in [3.63, 3.8) is 0 Å². The first-order valence-corrected chi connectivity index (χ1v) is 12.3. The van der Waals surface area contributed by atoms with Gasteiger partial charge < -0.3 is 20.1 Å². The molecular formula is C24H28N2O6S. The van der Waals surface area contributed by atoms with Gasteiger partial charge in [0.25, 0.3) is 0 Å². The fraction of sp³-hybridized carbons (Fsp3) is 0.333. The van der Waals surface area contributed by atoms with Crippen molar-refractivity contribution in [3.05, 3.63) is 70.4 Å². The van der Waals surface area contributed by atoms with Crippen LogP contribution in [0.25, 0.3) is 0 Å². The van der Waals surface area contributed by atoms with E-state index in [0.29, 0.717) is 17.9 Å². The number of carbonyl (C=O) groups is 2. The van der Waals surface area contributed by atoms with Gasteiger partial charge in [-0.25, -0.2) is 18.0 Å². The minimum atomic E-state index is -3.87. The number of rotatable bonds is 8. The highest BCUT2D eigenvalue weighted by Crippen LogP contribution is 2.34. The van der Waals surface area contributed by atoms with E-state index in [4.69, 9.17) is 9.47 Å². The summed E-state index contributed by atoms with van der Waals surface area (Å²) in [4.78, 5) is 25.6. The Kier molecular flexibility index (Phi) is 7.43. The van der Waals surface area contributed by atoms with Crippen molar-refractivity contribution in [3.8, 4) is 5.75 Å². The van der Waals surface area contributed by atoms with E-state index in [1.807, 2.05) is 20.8 Å². The second kappa shape index (κ2) is 10.1. The van der Waals surface area contributed by atoms with Crippen LogP contribution in [0.2, 0.25) is 0 Å². The number of para-hydroxylation sites is 1. The van der Waals surface area contributed by atoms with Crippen molar-refractivity contribution < 1.29 is 27.5 Å². The molecule has 0 aliphatic carbocycles. The van der Waals surface area contributed by atoms with E-state index < -0.39 is 33.6 Å². The van der Waals surface area contributed by atoms with Gasteiger partial charge in [-0.2, -0.15) is 0 Å². The summed E-state index contributed by atoms with van der Waals surface area (Å²) in [6.45, 7) is 7.66. The van der Waals surface area contributed by atoms with E-state index in [2.05, 4.69) is 10.6 Å². The van der Waals surface area contributed by atoms with Crippen LogP contribution in [0, 0.1) is 13.8 Å². The molecule has 2 aromatic carbocycles. The van der Waals surface area contributed by atoms with Crippen molar-refractivity contribution in [1.82, 2.24) is 10.6 Å². The Balaban J connectivity index is 2.14. The molecule has 33 heavy (non-hydrogen) atoms. The van der Waals surface area contributed by atoms with Crippen LogP contribution in [-0.4, -0.2) is 39.4 Å². The zero-order chi connectivity index (χ0) is 24.2. The number of benzene rings is 2. The van der Waals surface area contributed by atoms with Gasteiger partial charge >= 0.3 is 12.0 Å². The van der Waals surface area contributed by atoms with Gasteiger partial charge in [-0.3, -0.25) is 0 Å². The van der Waals surface area contributed by atoms with Gasteiger partial charge in [0.05, 0.1) is 35.5 Å². The van der Waals surface area contributed by atoms with E-state index in [1.165, 1.54) is 6.07 Å². The molecule has 0 saturated carbocycles. The average molecular weight is 473 g/mol. The van der Waals surface area contributed by atoms with E-state index in [0.717, 1.165) is 11.1 Å². The van der Waals surface area contributed by atoms with Gasteiger partial charge in [0.1, 0.15) is 5.75 Å². The summed E-state index contributed by atoms with van der Waals surface area (Å²) in [7, 11) is -3.87. The van der Waals surface area contributed by atoms with E-state index in [9.17, 15) is 18.0 Å². The topological polar surface area (TPSA) is 111 Å². The molecule has 2 amide bonds. The molecule has 176 valence electrons. The van der Waals surface area contributed by atoms with Crippen LogP contribution in [0.5, 0.6) is 5.75 Å². The first-order chi connectivity index (χ1) is 15.7. The maximum absolute atomic E-state index is 13.2. The van der Waals surface area contributed by atoms with Gasteiger partial charge in [-0.15, -0.1) is 0 Å². The molecule has 0 radical (unpaired) electrons. The number of esters is 1. The van der Waals surface area contributed by atoms with Crippen LogP contribution in [0.1, 0.15) is 36.6 Å². The highest BCUT2D eigenvalue weighted by molar-refractivity contribution is 7.91. The third-order valence-corrected chi connectivity index (χ3v) is 6.99. The molecule has 0 saturated heterocycles. The lowest BCUT2D eigenvalue weighted by atomic mass is 9.95. The molecule has 9 heteroatoms. The number of urea groups is 1. The summed E-state index contributed by atoms with van der Waals surface area (Å²) in [5, 5.41) is 5.23. The van der Waals surface area contributed by atoms with Crippen molar-refractivity contribution in [1.29, 1.82) is 0 Å². The molecular weight excluding hydrogens is 444 g/mol. The largest absolute Gasteiger partial charge is 0.494 e. The molecule has 2 aromatic rings. The summed E-state index contributed by atoms with van der Waals surface area (Å²) in [5.41, 5.74) is 2.32. The Hall–Kier alpha value is -3.33. The van der Waals surface area contributed by atoms with Crippen LogP contribution in [-0.2, 0) is 19.4 Å². The molecule has 1 aliphatic rings. The average Bonchev–Trinajstić information content (AvgIpc) is 2.75. The molecule has 0 unspecified atom stereocenters. The van der Waals surface area contributed by atoms with Crippen LogP contribution in [0.4, 0.5) is 4.79 Å². The van der Waals surface area contributed by atoms with Crippen molar-refractivity contribution in [2.45, 2.75) is 38.6 Å². The predicted molar refractivity (Wildman–Crippen MR) is 124 cm³/mol. The summed E-state index contributed by atoms with van der Waals surface area (Å²) in [6, 6.07) is 10.2. The fourth-order valence-electron chi connectivity index (χ4n) is 3.60. The van der Waals surface area contributed by atoms with Gasteiger partial charge in [0.2, 0.25) is 0 Å². The standard InChI is InChI=1S/C24H28N2O6S/c1-5-31-20-10-8-7-9-18(20)22-21(23(27)32-6-2)19(25-24(28)26-22)14-33(29,30)17-12-11-15(3)16(4)13-17/h7-13,22H,5-6,14H2,1-4H3,(H2,25,26,28)/t22-/m1/s1. The molecule has 2 N–H and O–H groups in total. The minimum absolute atomic E-state index is 0.0215. The molecule has 0 spiro atoms. The van der Waals surface area contributed by atoms with E-state index in [-0.39, 0.29) is 22.8 Å². The smallest absolute Gasteiger partial charge is 0.338 e. The van der Waals surface area contributed by atoms with Crippen molar-refractivity contribution in [2.75, 3.05) is 19.0 Å². The number of ether oxygens (including phenoxy) is 2. The van der Waals surface area contributed by atoms with Crippen molar-refractivity contribution in [2.24, 2.45) is 0 Å². The quantitative estimate of drug-likeness (QED) is 0.570. The zero-order valence-electron chi connectivity index (χ0n) is 19.1. The van der Waals surface area contributed by atoms with E-state index in [1.54, 1.807) is 43.3 Å². The van der Waals surface area contributed by atoms with Crippen LogP contribution < -0.4 is 15.4 Å². The van der Waals surface area contributed by atoms with Crippen LogP contribution in [0.15, 0.2) is 58.6 Å². The van der Waals surface area contributed by atoms with Gasteiger partial charge in [0, 0.05) is 11.3 Å². The minimum Gasteiger partial charge on any atom is -0.494 e. The number of carbonyl (C=O) groups excluding carboxylic acids is 2. The highest BCUT2D eigenvalue weighted by Gasteiger charge is 2.37. The summed E-state index contributed by atoms with van der Waals surface area (Å²) in [6.07, 6.45) is 0. The molecule has 1 aliphatic heterocycles. The molecule has 1 atom stereocenters. The van der Waals surface area contributed by atoms with E-state index >= 15 is 0 Å². The second-order valence-electron chi connectivity index (χ2n) is 7.62. The molecule has 1 heterocycles. The predicted octanol–water partition coefficient (Wildman–Crippen LogP) is 3.35. The lowest BCUT2D eigenvalue weighted by Gasteiger charge is -2.30. The molecule has 0 aromatic heterocycles. The third-order valence-electron chi connectivity index (χ3n) is 5.35. The Bertz CT molecular complexity index is 1200. The van der Waals surface area contributed by atoms with Gasteiger partial charge in [-0.05, 0) is 57.0 Å². The lowest BCUT2D eigenvalue weighted by Crippen LogP contribution is -2.47. The molecule has 0 fully saturated rings. The molecule has 8 nitrogen and oxygen atoms in total. The number of amides is 2. The second-order valence-corrected chi connectivity index (χ2v) is 9.61. The third kappa shape index (κ3) is 5.36. The SMILES string of the molecule is CCOC(=O)C1=C(CS(=O)(=O)c2ccc(C)c(C)c2)NC(=O)N[C@@H]1c1ccccc1OCC. The fourth-order valence-corrected chi connectivity index (χ4v) is 5.01. The van der Waals surface area contributed by atoms with Gasteiger partial charge in [0.15, 0.2) is 9.84 Å². The van der Waals surface area contributed by atoms with Crippen LogP contribution in [0.3, 0.4) is 0 Å². The number of aryl methyl sites for hydroxylation is 2. The summed E-state index contributed by atoms with van der Waals surface area (Å²) in [5.74, 6) is -0.804. The summed E-state index contributed by atoms with van der Waals surface area (Å²) >= 11 is 0. The normalized spacial score (nSPS) is 16.1. The zero-order valence-corrected chi connectivity index (χ0v) is 19.9. The Morgan fingerprint density at radius 1 is 1.03 bits per heavy atom. The number of sulfone groups is 1. The highest BCUT2D eigenvalue weighted by atomic mass is 32.2. The molecule has 0 bridgehead atoms. The van der Waals surface area contributed by atoms with Crippen LogP contribution >= 0.6 is 0 Å². The Labute approximate surface area is 193 Å². The number of hydrogen-bond acceptors (Lipinski definition) is 6. The maximum atomic E-state index is 13.2. The Morgan fingerprint density at radius 3 is 2.42 bits per heavy atom. The maximum Gasteiger partial charge on any atom is 0.338 e. The monoisotopic (exact) mass is 472 g/mol. The number of nitrogens with one attached hydrogen (secondary N) is 2. The Morgan fingerprint density at radius 2 is 1.76 bits per heavy atom. The first-order valence-electron chi connectivity index (χ1n) is 10.7. The number of hydrogen-bond donors (Lipinski definition) is 2. The summed E-state index contributed by atoms with van der Waals surface area (Å²) < 4.78 is 37.4. The van der Waals surface area contributed by atoms with Gasteiger partial charge in [-0.1, -0.05) is 24.3 Å². The van der Waals surface area contributed by atoms with Crippen molar-refractivity contribution >= 4 is 21.8 Å².